The Morgan fingerprint density at radius 3 is 2.68 bits per heavy atom. The topological polar surface area (TPSA) is 90.9 Å². The number of carboxylic acid groups (broad SMARTS) is 1. The first kappa shape index (κ1) is 19.0. The summed E-state index contributed by atoms with van der Waals surface area (Å²) < 4.78 is 18.4. The van der Waals surface area contributed by atoms with E-state index < -0.39 is 11.8 Å². The van der Waals surface area contributed by atoms with Crippen molar-refractivity contribution in [2.45, 2.75) is 38.4 Å². The van der Waals surface area contributed by atoms with Crippen LogP contribution in [-0.2, 0) is 11.3 Å². The molecule has 1 fully saturated rings. The van der Waals surface area contributed by atoms with Crippen molar-refractivity contribution in [3.8, 4) is 5.75 Å². The third kappa shape index (κ3) is 5.32. The molecule has 2 rings (SSSR count). The summed E-state index contributed by atoms with van der Waals surface area (Å²) in [4.78, 5) is 24.6. The van der Waals surface area contributed by atoms with Gasteiger partial charge in [-0.3, -0.25) is 9.69 Å². The predicted octanol–water partition coefficient (Wildman–Crippen LogP) is 1.57. The van der Waals surface area contributed by atoms with Gasteiger partial charge in [0.05, 0.1) is 13.7 Å². The first-order valence-corrected chi connectivity index (χ1v) is 8.25. The lowest BCUT2D eigenvalue weighted by Crippen LogP contribution is -2.56. The van der Waals surface area contributed by atoms with Crippen molar-refractivity contribution in [3.63, 3.8) is 0 Å². The summed E-state index contributed by atoms with van der Waals surface area (Å²) in [5, 5.41) is 14.4. The number of hydrogen-bond donors (Lipinski definition) is 3. The molecule has 1 aliphatic carbocycles. The summed E-state index contributed by atoms with van der Waals surface area (Å²) in [7, 11) is 1.39. The van der Waals surface area contributed by atoms with Crippen LogP contribution in [0.1, 0.15) is 25.3 Å². The number of benzene rings is 1. The summed E-state index contributed by atoms with van der Waals surface area (Å²) in [6.07, 6.45) is 1.46. The molecule has 1 aliphatic rings. The van der Waals surface area contributed by atoms with Crippen LogP contribution in [-0.4, -0.2) is 54.3 Å². The van der Waals surface area contributed by atoms with Crippen LogP contribution in [0.15, 0.2) is 18.2 Å². The maximum absolute atomic E-state index is 13.6. The molecule has 0 aliphatic heterocycles. The first-order chi connectivity index (χ1) is 11.9. The van der Waals surface area contributed by atoms with E-state index in [0.717, 1.165) is 12.8 Å². The fourth-order valence-corrected chi connectivity index (χ4v) is 2.92. The number of hydrogen-bond acceptors (Lipinski definition) is 4. The molecular weight excluding hydrogens is 329 g/mol. The normalized spacial score (nSPS) is 19.2. The van der Waals surface area contributed by atoms with Crippen LogP contribution >= 0.6 is 0 Å². The average molecular weight is 353 g/mol. The largest absolute Gasteiger partial charge is 0.494 e. The maximum atomic E-state index is 13.6. The Labute approximate surface area is 146 Å². The third-order valence-corrected chi connectivity index (χ3v) is 4.38. The Hall–Kier alpha value is -2.35. The molecule has 8 heteroatoms. The highest BCUT2D eigenvalue weighted by Crippen LogP contribution is 2.25. The molecule has 138 valence electrons. The highest BCUT2D eigenvalue weighted by Gasteiger charge is 2.34. The standard InChI is InChI=1S/C17H24FN3O4/c1-3-21(10-16(22)23)13-7-12(8-13)20-17(24)19-9-11-4-5-15(25-2)14(18)6-11/h4-6,12-13H,3,7-10H2,1-2H3,(H,22,23)(H2,19,20,24). The molecular formula is C17H24FN3O4. The highest BCUT2D eigenvalue weighted by molar-refractivity contribution is 5.74. The van der Waals surface area contributed by atoms with Crippen molar-refractivity contribution in [3.05, 3.63) is 29.6 Å². The summed E-state index contributed by atoms with van der Waals surface area (Å²) in [6.45, 7) is 2.81. The molecule has 0 radical (unpaired) electrons. The summed E-state index contributed by atoms with van der Waals surface area (Å²) >= 11 is 0. The quantitative estimate of drug-likeness (QED) is 0.660. The zero-order valence-corrected chi connectivity index (χ0v) is 14.4. The molecule has 0 spiro atoms. The van der Waals surface area contributed by atoms with Crippen LogP contribution in [0.5, 0.6) is 5.75 Å². The second-order valence-corrected chi connectivity index (χ2v) is 6.07. The molecule has 0 atom stereocenters. The molecule has 0 saturated heterocycles. The van der Waals surface area contributed by atoms with Gasteiger partial charge in [0.15, 0.2) is 11.6 Å². The minimum absolute atomic E-state index is 0.0170. The number of carbonyl (C=O) groups is 2. The number of carboxylic acids is 1. The van der Waals surface area contributed by atoms with E-state index in [4.69, 9.17) is 9.84 Å². The SMILES string of the molecule is CCN(CC(=O)O)C1CC(NC(=O)NCc2ccc(OC)c(F)c2)C1. The van der Waals surface area contributed by atoms with E-state index in [-0.39, 0.29) is 37.0 Å². The summed E-state index contributed by atoms with van der Waals surface area (Å²) in [5.41, 5.74) is 0.638. The lowest BCUT2D eigenvalue weighted by Gasteiger charge is -2.42. The molecule has 1 saturated carbocycles. The van der Waals surface area contributed by atoms with Gasteiger partial charge < -0.3 is 20.5 Å². The van der Waals surface area contributed by atoms with E-state index in [1.165, 1.54) is 19.2 Å². The number of nitrogens with zero attached hydrogens (tertiary/aromatic N) is 1. The van der Waals surface area contributed by atoms with Gasteiger partial charge in [0.2, 0.25) is 0 Å². The lowest BCUT2D eigenvalue weighted by atomic mass is 9.85. The van der Waals surface area contributed by atoms with Gasteiger partial charge in [-0.15, -0.1) is 0 Å². The van der Waals surface area contributed by atoms with E-state index in [1.807, 2.05) is 11.8 Å². The Morgan fingerprint density at radius 1 is 1.40 bits per heavy atom. The maximum Gasteiger partial charge on any atom is 0.317 e. The molecule has 0 aromatic heterocycles. The van der Waals surface area contributed by atoms with E-state index in [1.54, 1.807) is 6.07 Å². The minimum Gasteiger partial charge on any atom is -0.494 e. The monoisotopic (exact) mass is 353 g/mol. The zero-order chi connectivity index (χ0) is 18.4. The molecule has 0 bridgehead atoms. The Balaban J connectivity index is 1.71. The Kier molecular flexibility index (Phi) is 6.58. The number of rotatable bonds is 8. The van der Waals surface area contributed by atoms with Crippen molar-refractivity contribution in [2.24, 2.45) is 0 Å². The molecule has 1 aromatic carbocycles. The first-order valence-electron chi connectivity index (χ1n) is 8.25. The lowest BCUT2D eigenvalue weighted by molar-refractivity contribution is -0.139. The van der Waals surface area contributed by atoms with Gasteiger partial charge >= 0.3 is 12.0 Å². The molecule has 2 amide bonds. The van der Waals surface area contributed by atoms with Gasteiger partial charge in [-0.2, -0.15) is 0 Å². The Bertz CT molecular complexity index is 620. The van der Waals surface area contributed by atoms with Crippen molar-refractivity contribution in [1.82, 2.24) is 15.5 Å². The van der Waals surface area contributed by atoms with Crippen molar-refractivity contribution >= 4 is 12.0 Å². The number of amides is 2. The number of likely N-dealkylation sites (N-methyl/N-ethyl adjacent to an activating group) is 1. The van der Waals surface area contributed by atoms with Gasteiger partial charge in [-0.05, 0) is 37.1 Å². The van der Waals surface area contributed by atoms with E-state index >= 15 is 0 Å². The second-order valence-electron chi connectivity index (χ2n) is 6.07. The van der Waals surface area contributed by atoms with Crippen LogP contribution in [0, 0.1) is 5.82 Å². The highest BCUT2D eigenvalue weighted by atomic mass is 19.1. The third-order valence-electron chi connectivity index (χ3n) is 4.38. The number of halogens is 1. The Morgan fingerprint density at radius 2 is 2.12 bits per heavy atom. The van der Waals surface area contributed by atoms with Gasteiger partial charge in [-0.25, -0.2) is 9.18 Å². The summed E-state index contributed by atoms with van der Waals surface area (Å²) in [5.74, 6) is -1.15. The zero-order valence-electron chi connectivity index (χ0n) is 14.4. The van der Waals surface area contributed by atoms with Crippen LogP contribution in [0.2, 0.25) is 0 Å². The summed E-state index contributed by atoms with van der Waals surface area (Å²) in [6, 6.07) is 4.42. The van der Waals surface area contributed by atoms with Crippen molar-refractivity contribution in [1.29, 1.82) is 0 Å². The number of nitrogens with one attached hydrogen (secondary N) is 2. The molecule has 0 heterocycles. The van der Waals surface area contributed by atoms with Gasteiger partial charge in [-0.1, -0.05) is 13.0 Å². The van der Waals surface area contributed by atoms with Crippen LogP contribution in [0.25, 0.3) is 0 Å². The number of ether oxygens (including phenoxy) is 1. The van der Waals surface area contributed by atoms with Crippen LogP contribution in [0.3, 0.4) is 0 Å². The number of urea groups is 1. The van der Waals surface area contributed by atoms with E-state index in [0.29, 0.717) is 12.1 Å². The minimum atomic E-state index is -0.845. The van der Waals surface area contributed by atoms with Gasteiger partial charge in [0.25, 0.3) is 0 Å². The van der Waals surface area contributed by atoms with Gasteiger partial charge in [0, 0.05) is 18.6 Å². The number of methoxy groups -OCH3 is 1. The molecule has 25 heavy (non-hydrogen) atoms. The molecule has 3 N–H and O–H groups in total. The fourth-order valence-electron chi connectivity index (χ4n) is 2.92. The predicted molar refractivity (Wildman–Crippen MR) is 90.0 cm³/mol. The molecule has 7 nitrogen and oxygen atoms in total. The van der Waals surface area contributed by atoms with E-state index in [2.05, 4.69) is 10.6 Å². The number of aliphatic carboxylic acids is 1. The fraction of sp³-hybridized carbons (Fsp3) is 0.529. The van der Waals surface area contributed by atoms with Gasteiger partial charge in [0.1, 0.15) is 0 Å². The molecule has 0 unspecified atom stereocenters. The second kappa shape index (κ2) is 8.66. The number of carbonyl (C=O) groups excluding carboxylic acids is 1. The average Bonchev–Trinajstić information content (AvgIpc) is 2.54. The van der Waals surface area contributed by atoms with Crippen LogP contribution in [0.4, 0.5) is 9.18 Å². The van der Waals surface area contributed by atoms with Crippen molar-refractivity contribution < 1.29 is 23.8 Å². The van der Waals surface area contributed by atoms with Crippen molar-refractivity contribution in [2.75, 3.05) is 20.2 Å². The smallest absolute Gasteiger partial charge is 0.317 e. The van der Waals surface area contributed by atoms with Crippen LogP contribution < -0.4 is 15.4 Å². The molecule has 1 aromatic rings. The van der Waals surface area contributed by atoms with E-state index in [9.17, 15) is 14.0 Å².